The summed E-state index contributed by atoms with van der Waals surface area (Å²) in [6.07, 6.45) is 2.81. The highest BCUT2D eigenvalue weighted by Crippen LogP contribution is 2.40. The van der Waals surface area contributed by atoms with Gasteiger partial charge in [-0.3, -0.25) is 4.79 Å². The highest BCUT2D eigenvalue weighted by atomic mass is 16.5. The van der Waals surface area contributed by atoms with Crippen LogP contribution in [0.2, 0.25) is 0 Å². The minimum absolute atomic E-state index is 0.0669. The second-order valence-corrected chi connectivity index (χ2v) is 4.10. The Labute approximate surface area is 85.7 Å². The molecule has 0 bridgehead atoms. The molecule has 0 saturated heterocycles. The van der Waals surface area contributed by atoms with E-state index in [1.54, 1.807) is 0 Å². The van der Waals surface area contributed by atoms with Crippen LogP contribution in [0.4, 0.5) is 0 Å². The fraction of sp³-hybridized carbons (Fsp3) is 0.727. The summed E-state index contributed by atoms with van der Waals surface area (Å²) in [5, 5.41) is 0. The lowest BCUT2D eigenvalue weighted by Crippen LogP contribution is -2.28. The van der Waals surface area contributed by atoms with Crippen LogP contribution < -0.4 is 0 Å². The summed E-state index contributed by atoms with van der Waals surface area (Å²) in [6, 6.07) is 0.450. The topological polar surface area (TPSA) is 29.5 Å². The molecule has 0 spiro atoms. The second-order valence-electron chi connectivity index (χ2n) is 4.10. The van der Waals surface area contributed by atoms with Crippen LogP contribution >= 0.6 is 0 Å². The van der Waals surface area contributed by atoms with Crippen molar-refractivity contribution in [2.45, 2.75) is 26.3 Å². The van der Waals surface area contributed by atoms with Crippen LogP contribution in [0.25, 0.3) is 0 Å². The molecule has 1 aliphatic carbocycles. The number of hydrogen-bond donors (Lipinski definition) is 0. The molecule has 0 unspecified atom stereocenters. The zero-order valence-corrected chi connectivity index (χ0v) is 9.19. The van der Waals surface area contributed by atoms with Crippen LogP contribution in [0.5, 0.6) is 0 Å². The maximum absolute atomic E-state index is 11.2. The third-order valence-corrected chi connectivity index (χ3v) is 2.77. The molecule has 80 valence electrons. The standard InChI is InChI=1S/C11H19NO2/c1-5-12(8(2)3)7-9-6-10(9)11(13)14-4/h5,8-10H,1,6-7H2,2-4H3/t9-,10+/m0/s1. The Morgan fingerprint density at radius 3 is 2.79 bits per heavy atom. The first-order chi connectivity index (χ1) is 6.60. The van der Waals surface area contributed by atoms with Gasteiger partial charge in [0.25, 0.3) is 0 Å². The van der Waals surface area contributed by atoms with E-state index in [0.29, 0.717) is 12.0 Å². The first kappa shape index (κ1) is 11.1. The number of carbonyl (C=O) groups is 1. The van der Waals surface area contributed by atoms with Gasteiger partial charge in [-0.05, 0) is 32.4 Å². The molecule has 0 heterocycles. The van der Waals surface area contributed by atoms with Crippen LogP contribution in [-0.2, 0) is 9.53 Å². The van der Waals surface area contributed by atoms with E-state index in [1.165, 1.54) is 7.11 Å². The van der Waals surface area contributed by atoms with Crippen LogP contribution in [0.1, 0.15) is 20.3 Å². The molecule has 0 radical (unpaired) electrons. The number of rotatable bonds is 5. The summed E-state index contributed by atoms with van der Waals surface area (Å²) in [5.41, 5.74) is 0. The van der Waals surface area contributed by atoms with E-state index < -0.39 is 0 Å². The smallest absolute Gasteiger partial charge is 0.309 e. The third-order valence-electron chi connectivity index (χ3n) is 2.77. The molecule has 1 rings (SSSR count). The average Bonchev–Trinajstić information content (AvgIpc) is 2.91. The van der Waals surface area contributed by atoms with E-state index in [9.17, 15) is 4.79 Å². The molecule has 2 atom stereocenters. The summed E-state index contributed by atoms with van der Waals surface area (Å²) in [4.78, 5) is 13.3. The molecule has 1 saturated carbocycles. The minimum Gasteiger partial charge on any atom is -0.469 e. The van der Waals surface area contributed by atoms with Gasteiger partial charge < -0.3 is 9.64 Å². The van der Waals surface area contributed by atoms with Crippen molar-refractivity contribution in [2.24, 2.45) is 11.8 Å². The first-order valence-electron chi connectivity index (χ1n) is 5.06. The van der Waals surface area contributed by atoms with Crippen molar-refractivity contribution < 1.29 is 9.53 Å². The third kappa shape index (κ3) is 2.50. The van der Waals surface area contributed by atoms with E-state index in [2.05, 4.69) is 25.3 Å². The number of carbonyl (C=O) groups excluding carboxylic acids is 1. The van der Waals surface area contributed by atoms with Crippen molar-refractivity contribution >= 4 is 5.97 Å². The summed E-state index contributed by atoms with van der Waals surface area (Å²) >= 11 is 0. The molecule has 0 aromatic carbocycles. The minimum atomic E-state index is -0.0669. The Bertz CT molecular complexity index is 225. The van der Waals surface area contributed by atoms with E-state index in [-0.39, 0.29) is 11.9 Å². The van der Waals surface area contributed by atoms with Crippen LogP contribution in [0.15, 0.2) is 12.8 Å². The Morgan fingerprint density at radius 1 is 1.71 bits per heavy atom. The highest BCUT2D eigenvalue weighted by molar-refractivity contribution is 5.75. The van der Waals surface area contributed by atoms with Crippen molar-refractivity contribution in [3.05, 3.63) is 12.8 Å². The summed E-state index contributed by atoms with van der Waals surface area (Å²) in [7, 11) is 1.45. The van der Waals surface area contributed by atoms with Crippen LogP contribution in [0, 0.1) is 11.8 Å². The summed E-state index contributed by atoms with van der Waals surface area (Å²) in [5.74, 6) is 0.520. The van der Waals surface area contributed by atoms with Crippen LogP contribution in [-0.4, -0.2) is 30.6 Å². The summed E-state index contributed by atoms with van der Waals surface area (Å²) < 4.78 is 4.70. The van der Waals surface area contributed by atoms with Crippen molar-refractivity contribution in [1.82, 2.24) is 4.90 Å². The van der Waals surface area contributed by atoms with Gasteiger partial charge in [-0.15, -0.1) is 0 Å². The molecular formula is C11H19NO2. The molecule has 3 heteroatoms. The van der Waals surface area contributed by atoms with Crippen molar-refractivity contribution in [3.63, 3.8) is 0 Å². The predicted octanol–water partition coefficient (Wildman–Crippen LogP) is 1.65. The molecular weight excluding hydrogens is 178 g/mol. The predicted molar refractivity (Wildman–Crippen MR) is 55.7 cm³/mol. The normalized spacial score (nSPS) is 24.6. The van der Waals surface area contributed by atoms with Crippen LogP contribution in [0.3, 0.4) is 0 Å². The fourth-order valence-corrected chi connectivity index (χ4v) is 1.66. The van der Waals surface area contributed by atoms with Gasteiger partial charge in [0.2, 0.25) is 0 Å². The lowest BCUT2D eigenvalue weighted by atomic mass is 10.2. The van der Waals surface area contributed by atoms with Gasteiger partial charge in [-0.1, -0.05) is 6.58 Å². The molecule has 0 aliphatic heterocycles. The molecule has 0 aromatic heterocycles. The number of ether oxygens (including phenoxy) is 1. The van der Waals surface area contributed by atoms with E-state index in [4.69, 9.17) is 4.74 Å². The lowest BCUT2D eigenvalue weighted by molar-refractivity contribution is -0.142. The van der Waals surface area contributed by atoms with Crippen molar-refractivity contribution in [2.75, 3.05) is 13.7 Å². The monoisotopic (exact) mass is 197 g/mol. The fourth-order valence-electron chi connectivity index (χ4n) is 1.66. The van der Waals surface area contributed by atoms with Gasteiger partial charge in [0.05, 0.1) is 13.0 Å². The van der Waals surface area contributed by atoms with Gasteiger partial charge in [0.15, 0.2) is 0 Å². The molecule has 0 amide bonds. The Kier molecular flexibility index (Phi) is 3.55. The zero-order chi connectivity index (χ0) is 10.7. The van der Waals surface area contributed by atoms with Gasteiger partial charge in [-0.2, -0.15) is 0 Å². The maximum atomic E-state index is 11.2. The number of esters is 1. The molecule has 1 aliphatic rings. The molecule has 14 heavy (non-hydrogen) atoms. The van der Waals surface area contributed by atoms with Crippen molar-refractivity contribution in [1.29, 1.82) is 0 Å². The number of methoxy groups -OCH3 is 1. The molecule has 1 fully saturated rings. The van der Waals surface area contributed by atoms with Crippen molar-refractivity contribution in [3.8, 4) is 0 Å². The number of hydrogen-bond acceptors (Lipinski definition) is 3. The van der Waals surface area contributed by atoms with Gasteiger partial charge >= 0.3 is 5.97 Å². The highest BCUT2D eigenvalue weighted by Gasteiger charge is 2.44. The Hall–Kier alpha value is -0.990. The second kappa shape index (κ2) is 4.49. The molecule has 0 aromatic rings. The number of nitrogens with zero attached hydrogens (tertiary/aromatic N) is 1. The first-order valence-corrected chi connectivity index (χ1v) is 5.06. The molecule has 0 N–H and O–H groups in total. The largest absolute Gasteiger partial charge is 0.469 e. The SMILES string of the molecule is C=CN(C[C@@H]1C[C@H]1C(=O)OC)C(C)C. The summed E-state index contributed by atoms with van der Waals surface area (Å²) in [6.45, 7) is 8.92. The Morgan fingerprint density at radius 2 is 2.36 bits per heavy atom. The Balaban J connectivity index is 2.34. The van der Waals surface area contributed by atoms with E-state index >= 15 is 0 Å². The maximum Gasteiger partial charge on any atom is 0.309 e. The van der Waals surface area contributed by atoms with Gasteiger partial charge in [-0.25, -0.2) is 0 Å². The van der Waals surface area contributed by atoms with E-state index in [0.717, 1.165) is 13.0 Å². The lowest BCUT2D eigenvalue weighted by Gasteiger charge is -2.24. The quantitative estimate of drug-likeness (QED) is 0.628. The molecule has 3 nitrogen and oxygen atoms in total. The van der Waals surface area contributed by atoms with E-state index in [1.807, 2.05) is 6.20 Å². The average molecular weight is 197 g/mol. The zero-order valence-electron chi connectivity index (χ0n) is 9.19. The van der Waals surface area contributed by atoms with Gasteiger partial charge in [0.1, 0.15) is 0 Å². The van der Waals surface area contributed by atoms with Gasteiger partial charge in [0, 0.05) is 12.6 Å².